The van der Waals surface area contributed by atoms with Crippen LogP contribution in [-0.4, -0.2) is 17.8 Å². The van der Waals surface area contributed by atoms with Gasteiger partial charge in [-0.25, -0.2) is 4.39 Å². The Morgan fingerprint density at radius 3 is 2.95 bits per heavy atom. The summed E-state index contributed by atoms with van der Waals surface area (Å²) in [5.41, 5.74) is 2.09. The molecule has 2 rings (SSSR count). The summed E-state index contributed by atoms with van der Waals surface area (Å²) in [5, 5.41) is 9.21. The maximum absolute atomic E-state index is 13.3. The molecule has 0 saturated heterocycles. The number of phenols is 1. The number of halogens is 1. The van der Waals surface area contributed by atoms with Crippen molar-refractivity contribution in [3.8, 4) is 5.75 Å². The van der Waals surface area contributed by atoms with Gasteiger partial charge in [-0.05, 0) is 37.0 Å². The summed E-state index contributed by atoms with van der Waals surface area (Å²) in [4.78, 5) is 0. The van der Waals surface area contributed by atoms with E-state index in [-0.39, 0.29) is 11.9 Å². The van der Waals surface area contributed by atoms with Crippen LogP contribution in [0.2, 0.25) is 0 Å². The van der Waals surface area contributed by atoms with Crippen LogP contribution < -0.4 is 0 Å². The Balaban J connectivity index is 2.03. The Kier molecular flexibility index (Phi) is 5.36. The first-order valence-electron chi connectivity index (χ1n) is 7.15. The Bertz CT molecular complexity index is 506. The van der Waals surface area contributed by atoms with E-state index < -0.39 is 5.82 Å². The van der Waals surface area contributed by atoms with Crippen LogP contribution in [0.5, 0.6) is 5.75 Å². The van der Waals surface area contributed by atoms with Crippen molar-refractivity contribution < 1.29 is 14.2 Å². The number of benzene rings is 1. The second-order valence-corrected chi connectivity index (χ2v) is 5.10. The number of rotatable bonds is 6. The van der Waals surface area contributed by atoms with Crippen LogP contribution >= 0.6 is 0 Å². The van der Waals surface area contributed by atoms with Crippen molar-refractivity contribution in [2.24, 2.45) is 0 Å². The van der Waals surface area contributed by atoms with Gasteiger partial charge in [0.2, 0.25) is 0 Å². The molecule has 108 valence electrons. The quantitative estimate of drug-likeness (QED) is 0.778. The zero-order valence-electron chi connectivity index (χ0n) is 11.8. The van der Waals surface area contributed by atoms with E-state index in [9.17, 15) is 9.50 Å². The van der Waals surface area contributed by atoms with Crippen molar-refractivity contribution in [3.05, 3.63) is 47.3 Å². The summed E-state index contributed by atoms with van der Waals surface area (Å²) in [6.07, 6.45) is 10.4. The van der Waals surface area contributed by atoms with E-state index in [2.05, 4.69) is 13.0 Å². The van der Waals surface area contributed by atoms with Crippen LogP contribution in [0, 0.1) is 5.82 Å². The standard InChI is InChI=1S/C17H21FO2/c1-2-4-13(6-8-15-5-3-10-20-15)11-14-7-9-17(19)16(18)12-14/h3,5,7,9,11-12,15,19H,2,4,6,8,10H2,1H3/b13-11+/t15-/m0/s1. The van der Waals surface area contributed by atoms with Crippen molar-refractivity contribution in [1.82, 2.24) is 0 Å². The number of allylic oxidation sites excluding steroid dienone is 1. The fourth-order valence-corrected chi connectivity index (χ4v) is 2.39. The molecule has 1 N–H and O–H groups in total. The van der Waals surface area contributed by atoms with E-state index in [4.69, 9.17) is 4.74 Å². The summed E-state index contributed by atoms with van der Waals surface area (Å²) in [6, 6.07) is 4.50. The molecule has 2 nitrogen and oxygen atoms in total. The van der Waals surface area contributed by atoms with Gasteiger partial charge in [0.25, 0.3) is 0 Å². The third-order valence-corrected chi connectivity index (χ3v) is 3.42. The molecule has 0 bridgehead atoms. The minimum absolute atomic E-state index is 0.215. The van der Waals surface area contributed by atoms with E-state index in [1.807, 2.05) is 12.2 Å². The fourth-order valence-electron chi connectivity index (χ4n) is 2.39. The summed E-state index contributed by atoms with van der Waals surface area (Å²) in [5.74, 6) is -0.875. The largest absolute Gasteiger partial charge is 0.505 e. The zero-order valence-corrected chi connectivity index (χ0v) is 11.8. The lowest BCUT2D eigenvalue weighted by Crippen LogP contribution is -2.04. The van der Waals surface area contributed by atoms with Crippen molar-refractivity contribution in [2.75, 3.05) is 6.61 Å². The number of aromatic hydroxyl groups is 1. The summed E-state index contributed by atoms with van der Waals surface area (Å²) < 4.78 is 18.9. The molecule has 0 aliphatic carbocycles. The molecule has 0 radical (unpaired) electrons. The van der Waals surface area contributed by atoms with E-state index in [0.717, 1.165) is 31.2 Å². The van der Waals surface area contributed by atoms with Crippen LogP contribution in [0.4, 0.5) is 4.39 Å². The number of phenolic OH excluding ortho intramolecular Hbond substituents is 1. The third-order valence-electron chi connectivity index (χ3n) is 3.42. The van der Waals surface area contributed by atoms with Crippen molar-refractivity contribution in [2.45, 2.75) is 38.7 Å². The molecule has 1 atom stereocenters. The van der Waals surface area contributed by atoms with Gasteiger partial charge in [-0.15, -0.1) is 0 Å². The number of hydrogen-bond acceptors (Lipinski definition) is 2. The Hall–Kier alpha value is -1.61. The molecule has 1 aliphatic heterocycles. The molecule has 1 aromatic carbocycles. The molecule has 0 amide bonds. The minimum Gasteiger partial charge on any atom is -0.505 e. The molecule has 1 aliphatic rings. The molecule has 1 aromatic rings. The molecule has 1 heterocycles. The zero-order chi connectivity index (χ0) is 14.4. The number of hydrogen-bond donors (Lipinski definition) is 1. The molecule has 0 aromatic heterocycles. The molecule has 3 heteroatoms. The van der Waals surface area contributed by atoms with Crippen LogP contribution in [0.25, 0.3) is 6.08 Å². The highest BCUT2D eigenvalue weighted by atomic mass is 19.1. The molecule has 20 heavy (non-hydrogen) atoms. The van der Waals surface area contributed by atoms with E-state index in [0.29, 0.717) is 6.61 Å². The topological polar surface area (TPSA) is 29.5 Å². The third kappa shape index (κ3) is 4.20. The van der Waals surface area contributed by atoms with E-state index in [1.165, 1.54) is 17.7 Å². The lowest BCUT2D eigenvalue weighted by Gasteiger charge is -2.11. The Morgan fingerprint density at radius 1 is 1.45 bits per heavy atom. The van der Waals surface area contributed by atoms with E-state index in [1.54, 1.807) is 6.07 Å². The first-order chi connectivity index (χ1) is 9.69. The average Bonchev–Trinajstić information content (AvgIpc) is 2.94. The van der Waals surface area contributed by atoms with Crippen molar-refractivity contribution >= 4 is 6.08 Å². The fraction of sp³-hybridized carbons (Fsp3) is 0.412. The lowest BCUT2D eigenvalue weighted by atomic mass is 10.00. The maximum atomic E-state index is 13.3. The highest BCUT2D eigenvalue weighted by molar-refractivity contribution is 5.54. The van der Waals surface area contributed by atoms with Gasteiger partial charge in [-0.1, -0.05) is 43.2 Å². The first-order valence-corrected chi connectivity index (χ1v) is 7.15. The second kappa shape index (κ2) is 7.25. The predicted octanol–water partition coefficient (Wildman–Crippen LogP) is 4.45. The SMILES string of the molecule is CCC/C(=C\c1ccc(O)c(F)c1)CC[C@@H]1C=CCO1. The monoisotopic (exact) mass is 276 g/mol. The Morgan fingerprint density at radius 2 is 2.30 bits per heavy atom. The molecular formula is C17H21FO2. The van der Waals surface area contributed by atoms with Crippen molar-refractivity contribution in [3.63, 3.8) is 0 Å². The van der Waals surface area contributed by atoms with Crippen LogP contribution in [-0.2, 0) is 4.74 Å². The summed E-state index contributed by atoms with van der Waals surface area (Å²) in [6.45, 7) is 2.85. The molecular weight excluding hydrogens is 255 g/mol. The van der Waals surface area contributed by atoms with Gasteiger partial charge in [0, 0.05) is 0 Å². The van der Waals surface area contributed by atoms with Crippen molar-refractivity contribution in [1.29, 1.82) is 0 Å². The Labute approximate surface area is 119 Å². The highest BCUT2D eigenvalue weighted by Gasteiger charge is 2.10. The normalized spacial score (nSPS) is 18.7. The number of ether oxygens (including phenoxy) is 1. The van der Waals surface area contributed by atoms with Gasteiger partial charge in [0.05, 0.1) is 12.7 Å². The van der Waals surface area contributed by atoms with Crippen LogP contribution in [0.3, 0.4) is 0 Å². The van der Waals surface area contributed by atoms with Gasteiger partial charge >= 0.3 is 0 Å². The lowest BCUT2D eigenvalue weighted by molar-refractivity contribution is 0.121. The summed E-state index contributed by atoms with van der Waals surface area (Å²) in [7, 11) is 0. The van der Waals surface area contributed by atoms with Gasteiger partial charge in [-0.2, -0.15) is 0 Å². The second-order valence-electron chi connectivity index (χ2n) is 5.10. The average molecular weight is 276 g/mol. The highest BCUT2D eigenvalue weighted by Crippen LogP contribution is 2.23. The smallest absolute Gasteiger partial charge is 0.165 e. The van der Waals surface area contributed by atoms with Crippen LogP contribution in [0.1, 0.15) is 38.2 Å². The van der Waals surface area contributed by atoms with Gasteiger partial charge in [0.15, 0.2) is 11.6 Å². The molecule has 0 saturated carbocycles. The first kappa shape index (κ1) is 14.8. The molecule has 0 fully saturated rings. The van der Waals surface area contributed by atoms with Gasteiger partial charge in [-0.3, -0.25) is 0 Å². The van der Waals surface area contributed by atoms with Gasteiger partial charge in [0.1, 0.15) is 0 Å². The molecule has 0 spiro atoms. The van der Waals surface area contributed by atoms with E-state index >= 15 is 0 Å². The van der Waals surface area contributed by atoms with Crippen LogP contribution in [0.15, 0.2) is 35.9 Å². The van der Waals surface area contributed by atoms with Gasteiger partial charge < -0.3 is 9.84 Å². The molecule has 0 unspecified atom stereocenters. The summed E-state index contributed by atoms with van der Waals surface area (Å²) >= 11 is 0. The maximum Gasteiger partial charge on any atom is 0.165 e. The predicted molar refractivity (Wildman–Crippen MR) is 79.1 cm³/mol. The minimum atomic E-state index is -0.573.